The van der Waals surface area contributed by atoms with Gasteiger partial charge < -0.3 is 4.74 Å². The molecule has 1 saturated heterocycles. The Morgan fingerprint density at radius 1 is 1.35 bits per heavy atom. The Labute approximate surface area is 146 Å². The van der Waals surface area contributed by atoms with Crippen molar-refractivity contribution in [3.63, 3.8) is 0 Å². The van der Waals surface area contributed by atoms with Crippen LogP contribution in [0, 0.1) is 5.92 Å². The number of methoxy groups -OCH3 is 1. The maximum Gasteiger partial charge on any atom is 0.311 e. The van der Waals surface area contributed by atoms with Crippen molar-refractivity contribution in [2.45, 2.75) is 30.1 Å². The molecule has 0 bridgehead atoms. The fraction of sp³-hybridized carbons (Fsp3) is 0.444. The molecule has 0 radical (unpaired) electrons. The summed E-state index contributed by atoms with van der Waals surface area (Å²) in [6, 6.07) is 10.0. The third-order valence-electron chi connectivity index (χ3n) is 3.73. The Balaban J connectivity index is 2.29. The zero-order valence-electron chi connectivity index (χ0n) is 13.7. The normalized spacial score (nSPS) is 23.3. The van der Waals surface area contributed by atoms with E-state index in [1.807, 2.05) is 44.2 Å². The molecule has 0 aliphatic carbocycles. The second-order valence-electron chi connectivity index (χ2n) is 5.74. The number of hydrogen-bond acceptors (Lipinski definition) is 5. The maximum absolute atomic E-state index is 12.9. The molecule has 1 aliphatic rings. The van der Waals surface area contributed by atoms with Crippen LogP contribution in [-0.4, -0.2) is 28.7 Å². The first-order valence-electron chi connectivity index (χ1n) is 7.58. The Bertz CT molecular complexity index is 594. The predicted octanol–water partition coefficient (Wildman–Crippen LogP) is 4.08. The molecular weight excluding hydrogens is 328 g/mol. The van der Waals surface area contributed by atoms with Gasteiger partial charge in [0, 0.05) is 5.75 Å². The summed E-state index contributed by atoms with van der Waals surface area (Å²) < 4.78 is 4.18. The maximum atomic E-state index is 12.9. The van der Waals surface area contributed by atoms with E-state index in [1.54, 1.807) is 29.6 Å². The van der Waals surface area contributed by atoms with Crippen LogP contribution in [0.15, 0.2) is 42.0 Å². The zero-order valence-corrected chi connectivity index (χ0v) is 15.3. The van der Waals surface area contributed by atoms with Crippen LogP contribution in [0.4, 0.5) is 0 Å². The fourth-order valence-corrected chi connectivity index (χ4v) is 5.84. The highest BCUT2D eigenvalue weighted by atomic mass is 32.2. The molecule has 1 aromatic carbocycles. The highest BCUT2D eigenvalue weighted by molar-refractivity contribution is 8.19. The lowest BCUT2D eigenvalue weighted by Gasteiger charge is -2.30. The number of benzene rings is 1. The molecule has 3 nitrogen and oxygen atoms in total. The second kappa shape index (κ2) is 8.06. The first-order valence-corrected chi connectivity index (χ1v) is 9.55. The monoisotopic (exact) mass is 350 g/mol. The van der Waals surface area contributed by atoms with Gasteiger partial charge in [-0.15, -0.1) is 23.5 Å². The molecule has 1 heterocycles. The molecule has 0 aromatic heterocycles. The first-order chi connectivity index (χ1) is 11.0. The van der Waals surface area contributed by atoms with Crippen molar-refractivity contribution in [3.05, 3.63) is 47.5 Å². The molecule has 0 spiro atoms. The minimum absolute atomic E-state index is 0.0105. The smallest absolute Gasteiger partial charge is 0.311 e. The summed E-state index contributed by atoms with van der Waals surface area (Å²) in [6.45, 7) is 3.81. The summed E-state index contributed by atoms with van der Waals surface area (Å²) in [5, 5.41) is 0. The number of rotatable bonds is 6. The van der Waals surface area contributed by atoms with Crippen molar-refractivity contribution in [2.75, 3.05) is 12.9 Å². The summed E-state index contributed by atoms with van der Waals surface area (Å²) in [5.41, 5.74) is 2.10. The lowest BCUT2D eigenvalue weighted by Crippen LogP contribution is -2.40. The van der Waals surface area contributed by atoms with Gasteiger partial charge in [-0.3, -0.25) is 9.59 Å². The Morgan fingerprint density at radius 3 is 2.65 bits per heavy atom. The molecule has 2 unspecified atom stereocenters. The topological polar surface area (TPSA) is 43.4 Å². The van der Waals surface area contributed by atoms with E-state index >= 15 is 0 Å². The second-order valence-corrected chi connectivity index (χ2v) is 8.56. The summed E-state index contributed by atoms with van der Waals surface area (Å²) in [4.78, 5) is 25.1. The third kappa shape index (κ3) is 4.21. The fourth-order valence-electron chi connectivity index (χ4n) is 2.62. The average molecular weight is 351 g/mol. The van der Waals surface area contributed by atoms with Gasteiger partial charge in [0.05, 0.1) is 13.0 Å². The van der Waals surface area contributed by atoms with Gasteiger partial charge in [-0.2, -0.15) is 0 Å². The van der Waals surface area contributed by atoms with E-state index in [-0.39, 0.29) is 11.8 Å². The largest absolute Gasteiger partial charge is 0.469 e. The molecule has 2 atom stereocenters. The van der Waals surface area contributed by atoms with E-state index < -0.39 is 10.00 Å². The molecule has 2 rings (SSSR count). The zero-order chi connectivity index (χ0) is 16.9. The molecule has 23 heavy (non-hydrogen) atoms. The van der Waals surface area contributed by atoms with Crippen LogP contribution in [-0.2, 0) is 20.1 Å². The van der Waals surface area contributed by atoms with Crippen LogP contribution >= 0.6 is 23.5 Å². The van der Waals surface area contributed by atoms with E-state index in [0.717, 1.165) is 16.9 Å². The summed E-state index contributed by atoms with van der Waals surface area (Å²) in [7, 11) is 1.39. The number of carbonyl (C=O) groups is 2. The molecular formula is C18H22O3S2. The van der Waals surface area contributed by atoms with Gasteiger partial charge in [0.1, 0.15) is 4.08 Å². The van der Waals surface area contributed by atoms with Gasteiger partial charge in [-0.1, -0.05) is 35.9 Å². The number of carbonyl (C=O) groups excluding carboxylic acids is 2. The number of esters is 1. The summed E-state index contributed by atoms with van der Waals surface area (Å²) in [6.07, 6.45) is 2.34. The molecule has 1 fully saturated rings. The standard InChI is InChI=1S/C18H22O3S2/c1-13(2)11-16(19)18(15(9-10-22-18)17(20)21-3)23-12-14-7-5-4-6-8-14/h4-8,11,15H,9-10,12H2,1-3H3. The lowest BCUT2D eigenvalue weighted by molar-refractivity contribution is -0.146. The van der Waals surface area contributed by atoms with Crippen molar-refractivity contribution in [2.24, 2.45) is 5.92 Å². The minimum atomic E-state index is -0.778. The summed E-state index contributed by atoms with van der Waals surface area (Å²) >= 11 is 3.13. The average Bonchev–Trinajstić information content (AvgIpc) is 2.98. The van der Waals surface area contributed by atoms with Crippen molar-refractivity contribution in [3.8, 4) is 0 Å². The van der Waals surface area contributed by atoms with E-state index in [0.29, 0.717) is 12.2 Å². The Kier molecular flexibility index (Phi) is 6.36. The highest BCUT2D eigenvalue weighted by Gasteiger charge is 2.53. The first kappa shape index (κ1) is 18.1. The van der Waals surface area contributed by atoms with Gasteiger partial charge in [-0.25, -0.2) is 0 Å². The number of allylic oxidation sites excluding steroid dienone is 2. The molecule has 1 aromatic rings. The van der Waals surface area contributed by atoms with E-state index in [9.17, 15) is 9.59 Å². The Morgan fingerprint density at radius 2 is 2.04 bits per heavy atom. The lowest BCUT2D eigenvalue weighted by atomic mass is 9.98. The highest BCUT2D eigenvalue weighted by Crippen LogP contribution is 2.53. The van der Waals surface area contributed by atoms with Gasteiger partial charge in [-0.05, 0) is 37.7 Å². The number of thioether (sulfide) groups is 2. The number of ketones is 1. The van der Waals surface area contributed by atoms with E-state index in [2.05, 4.69) is 0 Å². The minimum Gasteiger partial charge on any atom is -0.469 e. The summed E-state index contributed by atoms with van der Waals surface area (Å²) in [5.74, 6) is 0.824. The van der Waals surface area contributed by atoms with Crippen LogP contribution < -0.4 is 0 Å². The van der Waals surface area contributed by atoms with Crippen molar-refractivity contribution in [1.29, 1.82) is 0 Å². The number of hydrogen-bond donors (Lipinski definition) is 0. The van der Waals surface area contributed by atoms with Gasteiger partial charge in [0.25, 0.3) is 0 Å². The predicted molar refractivity (Wildman–Crippen MR) is 97.5 cm³/mol. The van der Waals surface area contributed by atoms with E-state index in [1.165, 1.54) is 7.11 Å². The van der Waals surface area contributed by atoms with Crippen LogP contribution in [0.25, 0.3) is 0 Å². The molecule has 0 amide bonds. The van der Waals surface area contributed by atoms with E-state index in [4.69, 9.17) is 4.74 Å². The van der Waals surface area contributed by atoms with Gasteiger partial charge in [0.2, 0.25) is 0 Å². The molecule has 0 N–H and O–H groups in total. The SMILES string of the molecule is COC(=O)C1CCSC1(SCc1ccccc1)C(=O)C=C(C)C. The van der Waals surface area contributed by atoms with Crippen LogP contribution in [0.2, 0.25) is 0 Å². The van der Waals surface area contributed by atoms with Gasteiger partial charge in [0.15, 0.2) is 5.78 Å². The quantitative estimate of drug-likeness (QED) is 0.571. The number of ether oxygens (including phenoxy) is 1. The van der Waals surface area contributed by atoms with Crippen LogP contribution in [0.3, 0.4) is 0 Å². The van der Waals surface area contributed by atoms with Crippen LogP contribution in [0.1, 0.15) is 25.8 Å². The van der Waals surface area contributed by atoms with Crippen molar-refractivity contribution < 1.29 is 14.3 Å². The molecule has 5 heteroatoms. The van der Waals surface area contributed by atoms with Crippen LogP contribution in [0.5, 0.6) is 0 Å². The Hall–Kier alpha value is -1.20. The third-order valence-corrected chi connectivity index (χ3v) is 7.18. The van der Waals surface area contributed by atoms with Crippen molar-refractivity contribution >= 4 is 35.3 Å². The molecule has 124 valence electrons. The molecule has 0 saturated carbocycles. The van der Waals surface area contributed by atoms with Crippen molar-refractivity contribution in [1.82, 2.24) is 0 Å². The van der Waals surface area contributed by atoms with Gasteiger partial charge >= 0.3 is 5.97 Å². The molecule has 1 aliphatic heterocycles.